The van der Waals surface area contributed by atoms with Gasteiger partial charge in [0, 0.05) is 17.1 Å². The predicted octanol–water partition coefficient (Wildman–Crippen LogP) is 2.36. The normalized spacial score (nSPS) is 33.0. The van der Waals surface area contributed by atoms with Crippen LogP contribution in [-0.4, -0.2) is 32.0 Å². The van der Waals surface area contributed by atoms with Gasteiger partial charge >= 0.3 is 0 Å². The largest absolute Gasteiger partial charge is 0.310 e. The van der Waals surface area contributed by atoms with Crippen LogP contribution in [0.5, 0.6) is 0 Å². The van der Waals surface area contributed by atoms with Crippen LogP contribution in [0.2, 0.25) is 5.02 Å². The first-order valence-electron chi connectivity index (χ1n) is 6.74. The van der Waals surface area contributed by atoms with E-state index in [1.807, 2.05) is 18.2 Å². The second-order valence-corrected chi connectivity index (χ2v) is 8.35. The number of sulfone groups is 1. The zero-order valence-electron chi connectivity index (χ0n) is 10.7. The van der Waals surface area contributed by atoms with Gasteiger partial charge in [0.15, 0.2) is 9.84 Å². The number of benzene rings is 1. The summed E-state index contributed by atoms with van der Waals surface area (Å²) in [7, 11) is -2.78. The molecule has 104 valence electrons. The molecule has 0 radical (unpaired) electrons. The Hall–Kier alpha value is -0.580. The molecule has 1 N–H and O–H groups in total. The van der Waals surface area contributed by atoms with Gasteiger partial charge in [-0.3, -0.25) is 0 Å². The predicted molar refractivity (Wildman–Crippen MR) is 77.4 cm³/mol. The van der Waals surface area contributed by atoms with Gasteiger partial charge in [-0.15, -0.1) is 0 Å². The number of rotatable bonds is 3. The quantitative estimate of drug-likeness (QED) is 0.932. The summed E-state index contributed by atoms with van der Waals surface area (Å²) >= 11 is 5.99. The topological polar surface area (TPSA) is 46.2 Å². The summed E-state index contributed by atoms with van der Waals surface area (Å²) in [6, 6.07) is 8.65. The molecule has 0 bridgehead atoms. The van der Waals surface area contributed by atoms with Crippen molar-refractivity contribution in [2.75, 3.05) is 11.5 Å². The fourth-order valence-electron chi connectivity index (χ4n) is 3.05. The molecule has 1 aromatic rings. The van der Waals surface area contributed by atoms with Gasteiger partial charge in [-0.25, -0.2) is 8.42 Å². The van der Waals surface area contributed by atoms with E-state index in [9.17, 15) is 8.42 Å². The van der Waals surface area contributed by atoms with Crippen LogP contribution >= 0.6 is 11.6 Å². The lowest BCUT2D eigenvalue weighted by Crippen LogP contribution is -2.46. The zero-order valence-corrected chi connectivity index (χ0v) is 12.3. The van der Waals surface area contributed by atoms with Crippen molar-refractivity contribution in [3.8, 4) is 0 Å². The lowest BCUT2D eigenvalue weighted by atomic mass is 9.75. The maximum Gasteiger partial charge on any atom is 0.151 e. The Bertz CT molecular complexity index is 567. The molecule has 0 amide bonds. The van der Waals surface area contributed by atoms with Crippen LogP contribution < -0.4 is 5.32 Å². The van der Waals surface area contributed by atoms with Gasteiger partial charge in [-0.05, 0) is 42.9 Å². The molecule has 1 saturated carbocycles. The Morgan fingerprint density at radius 3 is 2.63 bits per heavy atom. The van der Waals surface area contributed by atoms with Crippen molar-refractivity contribution >= 4 is 21.4 Å². The summed E-state index contributed by atoms with van der Waals surface area (Å²) < 4.78 is 22.8. The molecule has 0 spiro atoms. The van der Waals surface area contributed by atoms with Crippen molar-refractivity contribution in [1.82, 2.24) is 5.32 Å². The molecule has 2 fully saturated rings. The summed E-state index contributed by atoms with van der Waals surface area (Å²) in [4.78, 5) is 0. The summed E-state index contributed by atoms with van der Waals surface area (Å²) in [6.07, 6.45) is 2.93. The third-order valence-electron chi connectivity index (χ3n) is 4.16. The third-order valence-corrected chi connectivity index (χ3v) is 6.17. The van der Waals surface area contributed by atoms with Crippen molar-refractivity contribution in [3.63, 3.8) is 0 Å². The second-order valence-electron chi connectivity index (χ2n) is 5.69. The average Bonchev–Trinajstić information content (AvgIpc) is 2.63. The molecule has 1 aliphatic heterocycles. The maximum atomic E-state index is 11.4. The van der Waals surface area contributed by atoms with Crippen LogP contribution in [-0.2, 0) is 9.84 Å². The number of hydrogen-bond donors (Lipinski definition) is 1. The minimum absolute atomic E-state index is 0.162. The molecule has 1 aliphatic carbocycles. The Balaban J connectivity index is 1.51. The molecule has 1 heterocycles. The van der Waals surface area contributed by atoms with Crippen molar-refractivity contribution in [2.45, 2.75) is 37.3 Å². The number of nitrogens with one attached hydrogen (secondary N) is 1. The van der Waals surface area contributed by atoms with Crippen molar-refractivity contribution in [3.05, 3.63) is 34.9 Å². The molecule has 3 rings (SSSR count). The fourth-order valence-corrected chi connectivity index (χ4v) is 4.93. The van der Waals surface area contributed by atoms with Gasteiger partial charge in [0.05, 0.1) is 11.5 Å². The highest BCUT2D eigenvalue weighted by Gasteiger charge is 2.35. The highest BCUT2D eigenvalue weighted by atomic mass is 35.5. The van der Waals surface area contributed by atoms with Crippen LogP contribution in [0.3, 0.4) is 0 Å². The van der Waals surface area contributed by atoms with E-state index in [1.54, 1.807) is 0 Å². The highest BCUT2D eigenvalue weighted by molar-refractivity contribution is 7.91. The Morgan fingerprint density at radius 2 is 2.00 bits per heavy atom. The highest BCUT2D eigenvalue weighted by Crippen LogP contribution is 2.38. The van der Waals surface area contributed by atoms with E-state index in [2.05, 4.69) is 11.4 Å². The molecule has 1 saturated heterocycles. The second kappa shape index (κ2) is 5.08. The minimum atomic E-state index is -2.78. The summed E-state index contributed by atoms with van der Waals surface area (Å²) in [5.41, 5.74) is 1.30. The summed E-state index contributed by atoms with van der Waals surface area (Å²) in [6.45, 7) is 0. The molecule has 1 aromatic carbocycles. The van der Waals surface area contributed by atoms with Crippen molar-refractivity contribution in [2.24, 2.45) is 0 Å². The van der Waals surface area contributed by atoms with E-state index >= 15 is 0 Å². The van der Waals surface area contributed by atoms with E-state index in [0.29, 0.717) is 23.5 Å². The Morgan fingerprint density at radius 1 is 1.21 bits per heavy atom. The maximum absolute atomic E-state index is 11.4. The van der Waals surface area contributed by atoms with E-state index in [4.69, 9.17) is 11.6 Å². The van der Waals surface area contributed by atoms with Gasteiger partial charge in [0.25, 0.3) is 0 Å². The van der Waals surface area contributed by atoms with Gasteiger partial charge < -0.3 is 5.32 Å². The molecule has 1 unspecified atom stereocenters. The van der Waals surface area contributed by atoms with Gasteiger partial charge in [0.1, 0.15) is 0 Å². The first kappa shape index (κ1) is 13.4. The van der Waals surface area contributed by atoms with E-state index in [-0.39, 0.29) is 6.04 Å². The Kier molecular flexibility index (Phi) is 3.58. The van der Waals surface area contributed by atoms with E-state index in [0.717, 1.165) is 24.3 Å². The van der Waals surface area contributed by atoms with Gasteiger partial charge in [0.2, 0.25) is 0 Å². The van der Waals surface area contributed by atoms with Crippen LogP contribution in [0.4, 0.5) is 0 Å². The molecular formula is C14H18ClNO2S. The molecule has 3 nitrogen and oxygen atoms in total. The molecule has 0 aromatic heterocycles. The molecule has 1 atom stereocenters. The number of halogens is 1. The van der Waals surface area contributed by atoms with Crippen molar-refractivity contribution in [1.29, 1.82) is 0 Å². The monoisotopic (exact) mass is 299 g/mol. The standard InChI is InChI=1S/C14H18ClNO2S/c15-12-3-1-2-10(6-12)11-7-14(8-11)16-13-4-5-19(17,18)9-13/h1-3,6,11,13-14,16H,4-5,7-9H2. The smallest absolute Gasteiger partial charge is 0.151 e. The molecule has 2 aliphatic rings. The SMILES string of the molecule is O=S1(=O)CCC(NC2CC(c3cccc(Cl)c3)C2)C1. The lowest BCUT2D eigenvalue weighted by molar-refractivity contribution is 0.271. The Labute approximate surface area is 119 Å². The molecule has 19 heavy (non-hydrogen) atoms. The first-order valence-corrected chi connectivity index (χ1v) is 8.94. The number of hydrogen-bond acceptors (Lipinski definition) is 3. The van der Waals surface area contributed by atoms with Gasteiger partial charge in [-0.1, -0.05) is 23.7 Å². The lowest BCUT2D eigenvalue weighted by Gasteiger charge is -2.38. The molecular weight excluding hydrogens is 282 g/mol. The van der Waals surface area contributed by atoms with Crippen LogP contribution in [0.1, 0.15) is 30.7 Å². The van der Waals surface area contributed by atoms with Crippen LogP contribution in [0.15, 0.2) is 24.3 Å². The van der Waals surface area contributed by atoms with Crippen LogP contribution in [0.25, 0.3) is 0 Å². The van der Waals surface area contributed by atoms with Gasteiger partial charge in [-0.2, -0.15) is 0 Å². The fraction of sp³-hybridized carbons (Fsp3) is 0.571. The minimum Gasteiger partial charge on any atom is -0.310 e. The zero-order chi connectivity index (χ0) is 13.5. The first-order chi connectivity index (χ1) is 9.02. The summed E-state index contributed by atoms with van der Waals surface area (Å²) in [5.74, 6) is 1.22. The average molecular weight is 300 g/mol. The van der Waals surface area contributed by atoms with Crippen LogP contribution in [0, 0.1) is 0 Å². The van der Waals surface area contributed by atoms with Crippen molar-refractivity contribution < 1.29 is 8.42 Å². The summed E-state index contributed by atoms with van der Waals surface area (Å²) in [5, 5.41) is 4.26. The third kappa shape index (κ3) is 3.12. The van der Waals surface area contributed by atoms with E-state index < -0.39 is 9.84 Å². The molecule has 5 heteroatoms. The van der Waals surface area contributed by atoms with E-state index in [1.165, 1.54) is 5.56 Å².